The summed E-state index contributed by atoms with van der Waals surface area (Å²) in [6.45, 7) is 6.48. The second-order valence-corrected chi connectivity index (χ2v) is 20.6. The first-order valence-corrected chi connectivity index (χ1v) is 25.3. The highest BCUT2D eigenvalue weighted by molar-refractivity contribution is 7.03. The van der Waals surface area contributed by atoms with Crippen molar-refractivity contribution in [1.29, 1.82) is 0 Å². The van der Waals surface area contributed by atoms with Crippen molar-refractivity contribution >= 4 is 120 Å². The molecule has 8 heteroatoms. The Labute approximate surface area is 420 Å². The first-order chi connectivity index (χ1) is 35.4. The number of hydrogen-bond acceptors (Lipinski definition) is 5. The molecule has 0 aliphatic carbocycles. The molecule has 10 aromatic rings. The van der Waals surface area contributed by atoms with E-state index in [0.29, 0.717) is 0 Å². The number of hydrogen-bond donors (Lipinski definition) is 0. The third-order valence-corrected chi connectivity index (χ3v) is 16.3. The van der Waals surface area contributed by atoms with Gasteiger partial charge in [0.15, 0.2) is 0 Å². The van der Waals surface area contributed by atoms with Crippen LogP contribution in [0.3, 0.4) is 0 Å². The first-order valence-electron chi connectivity index (χ1n) is 25.3. The molecule has 0 saturated carbocycles. The Morgan fingerprint density at radius 1 is 0.306 bits per heavy atom. The van der Waals surface area contributed by atoms with Crippen LogP contribution in [0.4, 0.5) is 51.2 Å². The van der Waals surface area contributed by atoms with E-state index in [1.165, 1.54) is 94.6 Å². The minimum absolute atomic E-state index is 0.0431. The molecule has 72 heavy (non-hydrogen) atoms. The third kappa shape index (κ3) is 5.52. The van der Waals surface area contributed by atoms with Crippen LogP contribution in [0.2, 0.25) is 0 Å². The van der Waals surface area contributed by atoms with Crippen molar-refractivity contribution in [2.24, 2.45) is 0 Å². The molecule has 0 N–H and O–H groups in total. The molecule has 0 fully saturated rings. The fourth-order valence-electron chi connectivity index (χ4n) is 13.6. The summed E-state index contributed by atoms with van der Waals surface area (Å²) in [5.41, 5.74) is 28.3. The van der Waals surface area contributed by atoms with Gasteiger partial charge in [0.2, 0.25) is 6.71 Å². The van der Waals surface area contributed by atoms with Gasteiger partial charge in [-0.15, -0.1) is 0 Å². The highest BCUT2D eigenvalue weighted by Crippen LogP contribution is 2.47. The van der Waals surface area contributed by atoms with E-state index in [9.17, 15) is 0 Å². The molecule has 0 radical (unpaired) electrons. The van der Waals surface area contributed by atoms with Crippen molar-refractivity contribution in [2.75, 3.05) is 14.7 Å². The summed E-state index contributed by atoms with van der Waals surface area (Å²) < 4.78 is 14.4. The van der Waals surface area contributed by atoms with Gasteiger partial charge in [-0.05, 0) is 178 Å². The maximum absolute atomic E-state index is 7.25. The summed E-state index contributed by atoms with van der Waals surface area (Å²) in [5.74, 6) is 3.54. The van der Waals surface area contributed by atoms with Crippen LogP contribution in [-0.4, -0.2) is 20.1 Å². The average molecular weight is 920 g/mol. The van der Waals surface area contributed by atoms with Crippen LogP contribution in [-0.2, 0) is 6.42 Å². The number of benzene rings is 10. The zero-order valence-electron chi connectivity index (χ0n) is 40.1. The quantitative estimate of drug-likeness (QED) is 0.165. The van der Waals surface area contributed by atoms with Crippen molar-refractivity contribution in [1.82, 2.24) is 0 Å². The molecule has 0 amide bonds. The molecule has 0 atom stereocenters. The van der Waals surface area contributed by atoms with Crippen LogP contribution in [0.5, 0.6) is 23.0 Å². The van der Waals surface area contributed by atoms with Crippen molar-refractivity contribution in [3.63, 3.8) is 0 Å². The zero-order chi connectivity index (χ0) is 47.5. The summed E-state index contributed by atoms with van der Waals surface area (Å²) in [4.78, 5) is 7.45. The second-order valence-electron chi connectivity index (χ2n) is 20.6. The average Bonchev–Trinajstić information content (AvgIpc) is 3.40. The summed E-state index contributed by atoms with van der Waals surface area (Å²) >= 11 is 0. The number of anilines is 9. The van der Waals surface area contributed by atoms with Gasteiger partial charge >= 0.3 is 0 Å². The summed E-state index contributed by atoms with van der Waals surface area (Å²) in [6.07, 6.45) is 0.832. The van der Waals surface area contributed by atoms with Crippen molar-refractivity contribution in [3.05, 3.63) is 228 Å². The Hall–Kier alpha value is -8.61. The maximum Gasteiger partial charge on any atom is 0.260 e. The van der Waals surface area contributed by atoms with E-state index in [2.05, 4.69) is 236 Å². The first kappa shape index (κ1) is 40.2. The van der Waals surface area contributed by atoms with Crippen molar-refractivity contribution in [3.8, 4) is 23.0 Å². The van der Waals surface area contributed by atoms with E-state index in [4.69, 9.17) is 9.47 Å². The second kappa shape index (κ2) is 14.7. The molecule has 0 unspecified atom stereocenters. The van der Waals surface area contributed by atoms with E-state index in [1.807, 2.05) is 0 Å². The van der Waals surface area contributed by atoms with Crippen molar-refractivity contribution in [2.45, 2.75) is 27.2 Å². The summed E-state index contributed by atoms with van der Waals surface area (Å²) in [5, 5.41) is 0. The van der Waals surface area contributed by atoms with Gasteiger partial charge in [0, 0.05) is 62.7 Å². The van der Waals surface area contributed by atoms with E-state index < -0.39 is 0 Å². The fraction of sp³-hybridized carbons (Fsp3) is 0.0625. The van der Waals surface area contributed by atoms with E-state index in [-0.39, 0.29) is 20.1 Å². The molecule has 10 aromatic carbocycles. The molecule has 0 bridgehead atoms. The molecule has 6 heterocycles. The molecule has 5 nitrogen and oxygen atoms in total. The van der Waals surface area contributed by atoms with Crippen LogP contribution >= 0.6 is 0 Å². The molecule has 6 aliphatic rings. The van der Waals surface area contributed by atoms with Crippen LogP contribution in [0.25, 0.3) is 0 Å². The number of para-hydroxylation sites is 5. The molecular weight excluding hydrogens is 875 g/mol. The van der Waals surface area contributed by atoms with Gasteiger partial charge < -0.3 is 24.2 Å². The van der Waals surface area contributed by atoms with Gasteiger partial charge in [-0.3, -0.25) is 0 Å². The maximum atomic E-state index is 7.25. The third-order valence-electron chi connectivity index (χ3n) is 16.3. The number of ether oxygens (including phenoxy) is 2. The SMILES string of the molecule is Cc1cc2c3c(c1)Oc1cc4c(cc1B3c1cc3c(cc1O2)Cc1cc(C)cc2c1B3c1ccccc1N2c1ccccc1)B1c2ccccc2N(c2ccccc2)c2cc(C)cc(c21)N4c1ccccc1. The molecule has 0 aromatic heterocycles. The van der Waals surface area contributed by atoms with Crippen LogP contribution in [0.15, 0.2) is 200 Å². The zero-order valence-corrected chi connectivity index (χ0v) is 40.1. The Morgan fingerprint density at radius 3 is 1.31 bits per heavy atom. The lowest BCUT2D eigenvalue weighted by Crippen LogP contribution is -2.65. The van der Waals surface area contributed by atoms with E-state index >= 15 is 0 Å². The Bertz CT molecular complexity index is 3990. The topological polar surface area (TPSA) is 28.2 Å². The number of nitrogens with zero attached hydrogens (tertiary/aromatic N) is 3. The smallest absolute Gasteiger partial charge is 0.260 e. The predicted octanol–water partition coefficient (Wildman–Crippen LogP) is 9.63. The number of fused-ring (bicyclic) bond motifs is 12. The van der Waals surface area contributed by atoms with Gasteiger partial charge in [0.05, 0.1) is 0 Å². The van der Waals surface area contributed by atoms with Crippen LogP contribution < -0.4 is 73.3 Å². The molecule has 16 rings (SSSR count). The highest BCUT2D eigenvalue weighted by atomic mass is 16.5. The van der Waals surface area contributed by atoms with E-state index in [0.717, 1.165) is 63.0 Å². The Morgan fingerprint density at radius 2 is 0.736 bits per heavy atom. The van der Waals surface area contributed by atoms with Gasteiger partial charge in [-0.1, -0.05) is 115 Å². The standard InChI is InChI=1S/C64H44B3N3O2/c1-38-27-42-33-41-34-58-50(35-48(41)65-46-23-13-15-25-52(46)68(55(28-38)62(42)65)43-17-7-4-8-18-43)67-51-36-49-54(37-59(51)72-61-32-40(3)31-60(71-58)64(61)67)70(45-21-11-6-12-22-45)57-30-39(2)29-56-63(57)66(49)47-24-14-16-26-53(47)69(56)44-19-9-5-10-20-44/h4-32,34-37H,33H2,1-3H3. The Kier molecular flexibility index (Phi) is 8.21. The van der Waals surface area contributed by atoms with Gasteiger partial charge in [-0.2, -0.15) is 0 Å². The molecule has 6 aliphatic heterocycles. The normalized spacial score (nSPS) is 14.3. The molecule has 336 valence electrons. The molecular formula is C64H44B3N3O2. The van der Waals surface area contributed by atoms with E-state index in [1.54, 1.807) is 0 Å². The minimum atomic E-state index is -0.138. The van der Waals surface area contributed by atoms with Crippen LogP contribution in [0.1, 0.15) is 27.8 Å². The summed E-state index contributed by atoms with van der Waals surface area (Å²) in [7, 11) is 0. The predicted molar refractivity (Wildman–Crippen MR) is 301 cm³/mol. The summed E-state index contributed by atoms with van der Waals surface area (Å²) in [6, 6.07) is 74.5. The molecule has 0 saturated heterocycles. The van der Waals surface area contributed by atoms with Crippen molar-refractivity contribution < 1.29 is 9.47 Å². The number of aryl methyl sites for hydroxylation is 3. The molecule has 0 spiro atoms. The lowest BCUT2D eigenvalue weighted by molar-refractivity contribution is 0.464. The number of rotatable bonds is 3. The van der Waals surface area contributed by atoms with Gasteiger partial charge in [0.1, 0.15) is 23.0 Å². The Balaban J connectivity index is 0.943. The van der Waals surface area contributed by atoms with Gasteiger partial charge in [0.25, 0.3) is 13.4 Å². The largest absolute Gasteiger partial charge is 0.458 e. The van der Waals surface area contributed by atoms with Gasteiger partial charge in [-0.25, -0.2) is 0 Å². The monoisotopic (exact) mass is 919 g/mol. The lowest BCUT2D eigenvalue weighted by Gasteiger charge is -2.45. The highest BCUT2D eigenvalue weighted by Gasteiger charge is 2.48. The fourth-order valence-corrected chi connectivity index (χ4v) is 13.6. The minimum Gasteiger partial charge on any atom is -0.458 e. The lowest BCUT2D eigenvalue weighted by atomic mass is 9.29. The van der Waals surface area contributed by atoms with Crippen LogP contribution in [0, 0.1) is 20.8 Å².